The second kappa shape index (κ2) is 6.37. The molecular weight excluding hydrogens is 270 g/mol. The minimum atomic E-state index is 0.714. The maximum atomic E-state index is 4.58. The molecule has 0 bridgehead atoms. The Labute approximate surface area is 123 Å². The summed E-state index contributed by atoms with van der Waals surface area (Å²) in [5, 5.41) is 9.86. The standard InChI is InChI=1S/C14H21N5S/c1-2-15-14-17-12(11-5-10-20-13(11)18-14)16-6-9-19-7-3-4-8-19/h5,10H,2-4,6-9H2,1H3,(H2,15,16,17,18). The summed E-state index contributed by atoms with van der Waals surface area (Å²) in [6.07, 6.45) is 2.68. The highest BCUT2D eigenvalue weighted by atomic mass is 32.1. The van der Waals surface area contributed by atoms with Crippen molar-refractivity contribution >= 4 is 33.3 Å². The number of thiophene rings is 1. The Morgan fingerprint density at radius 3 is 2.90 bits per heavy atom. The number of fused-ring (bicyclic) bond motifs is 1. The highest BCUT2D eigenvalue weighted by Gasteiger charge is 2.12. The van der Waals surface area contributed by atoms with Gasteiger partial charge in [0.05, 0.1) is 5.39 Å². The van der Waals surface area contributed by atoms with Crippen LogP contribution in [0.15, 0.2) is 11.4 Å². The maximum absolute atomic E-state index is 4.58. The molecule has 5 nitrogen and oxygen atoms in total. The Bertz CT molecular complexity index is 562. The van der Waals surface area contributed by atoms with Crippen molar-refractivity contribution in [1.82, 2.24) is 14.9 Å². The maximum Gasteiger partial charge on any atom is 0.226 e. The lowest BCUT2D eigenvalue weighted by molar-refractivity contribution is 0.352. The van der Waals surface area contributed by atoms with Crippen molar-refractivity contribution in [3.63, 3.8) is 0 Å². The number of rotatable bonds is 6. The van der Waals surface area contributed by atoms with Crippen molar-refractivity contribution in [2.45, 2.75) is 19.8 Å². The largest absolute Gasteiger partial charge is 0.368 e. The minimum Gasteiger partial charge on any atom is -0.368 e. The topological polar surface area (TPSA) is 53.1 Å². The van der Waals surface area contributed by atoms with E-state index in [0.717, 1.165) is 35.7 Å². The van der Waals surface area contributed by atoms with Gasteiger partial charge in [-0.2, -0.15) is 4.98 Å². The molecule has 3 heterocycles. The molecule has 20 heavy (non-hydrogen) atoms. The second-order valence-corrected chi connectivity index (χ2v) is 5.94. The van der Waals surface area contributed by atoms with Crippen LogP contribution in [0.25, 0.3) is 10.2 Å². The minimum absolute atomic E-state index is 0.714. The quantitative estimate of drug-likeness (QED) is 0.857. The van der Waals surface area contributed by atoms with Gasteiger partial charge in [0.25, 0.3) is 0 Å². The number of anilines is 2. The SMILES string of the molecule is CCNc1nc(NCCN2CCCC2)c2ccsc2n1. The molecule has 0 aromatic carbocycles. The van der Waals surface area contributed by atoms with E-state index in [1.165, 1.54) is 25.9 Å². The van der Waals surface area contributed by atoms with Crippen LogP contribution in [0.3, 0.4) is 0 Å². The molecule has 6 heteroatoms. The Balaban J connectivity index is 1.69. The van der Waals surface area contributed by atoms with Crippen molar-refractivity contribution in [2.24, 2.45) is 0 Å². The number of nitrogens with zero attached hydrogens (tertiary/aromatic N) is 3. The van der Waals surface area contributed by atoms with Gasteiger partial charge in [0.2, 0.25) is 5.95 Å². The van der Waals surface area contributed by atoms with E-state index >= 15 is 0 Å². The molecule has 0 unspecified atom stereocenters. The summed E-state index contributed by atoms with van der Waals surface area (Å²) in [6.45, 7) is 7.40. The Kier molecular flexibility index (Phi) is 4.32. The molecule has 1 aliphatic heterocycles. The molecule has 0 saturated carbocycles. The highest BCUT2D eigenvalue weighted by Crippen LogP contribution is 2.26. The summed E-state index contributed by atoms with van der Waals surface area (Å²) in [5.41, 5.74) is 0. The average molecular weight is 291 g/mol. The molecule has 0 amide bonds. The lowest BCUT2D eigenvalue weighted by atomic mass is 10.3. The van der Waals surface area contributed by atoms with Gasteiger partial charge in [-0.1, -0.05) is 0 Å². The van der Waals surface area contributed by atoms with Crippen LogP contribution in [0.2, 0.25) is 0 Å². The summed E-state index contributed by atoms with van der Waals surface area (Å²) >= 11 is 1.66. The van der Waals surface area contributed by atoms with Crippen molar-refractivity contribution in [2.75, 3.05) is 43.4 Å². The van der Waals surface area contributed by atoms with Crippen LogP contribution in [-0.4, -0.2) is 47.6 Å². The van der Waals surface area contributed by atoms with Gasteiger partial charge in [-0.05, 0) is 44.3 Å². The first kappa shape index (κ1) is 13.6. The van der Waals surface area contributed by atoms with E-state index in [4.69, 9.17) is 0 Å². The third-order valence-corrected chi connectivity index (χ3v) is 4.39. The third-order valence-electron chi connectivity index (χ3n) is 3.58. The Morgan fingerprint density at radius 2 is 2.10 bits per heavy atom. The van der Waals surface area contributed by atoms with Gasteiger partial charge >= 0.3 is 0 Å². The smallest absolute Gasteiger partial charge is 0.226 e. The molecule has 108 valence electrons. The monoisotopic (exact) mass is 291 g/mol. The van der Waals surface area contributed by atoms with Gasteiger partial charge in [-0.25, -0.2) is 4.98 Å². The number of likely N-dealkylation sites (tertiary alicyclic amines) is 1. The second-order valence-electron chi connectivity index (χ2n) is 5.04. The van der Waals surface area contributed by atoms with Gasteiger partial charge in [-0.15, -0.1) is 11.3 Å². The zero-order chi connectivity index (χ0) is 13.8. The zero-order valence-electron chi connectivity index (χ0n) is 11.9. The lowest BCUT2D eigenvalue weighted by Gasteiger charge is -2.15. The summed E-state index contributed by atoms with van der Waals surface area (Å²) in [7, 11) is 0. The van der Waals surface area contributed by atoms with Crippen molar-refractivity contribution in [3.05, 3.63) is 11.4 Å². The van der Waals surface area contributed by atoms with Crippen LogP contribution in [0.5, 0.6) is 0 Å². The van der Waals surface area contributed by atoms with E-state index in [0.29, 0.717) is 5.95 Å². The van der Waals surface area contributed by atoms with Gasteiger partial charge in [0.1, 0.15) is 10.6 Å². The molecular formula is C14H21N5S. The first-order valence-corrected chi connectivity index (χ1v) is 8.20. The van der Waals surface area contributed by atoms with Gasteiger partial charge in [0, 0.05) is 19.6 Å². The van der Waals surface area contributed by atoms with Crippen LogP contribution in [0.4, 0.5) is 11.8 Å². The fourth-order valence-electron chi connectivity index (χ4n) is 2.57. The van der Waals surface area contributed by atoms with Crippen molar-refractivity contribution in [1.29, 1.82) is 0 Å². The zero-order valence-corrected chi connectivity index (χ0v) is 12.7. The summed E-state index contributed by atoms with van der Waals surface area (Å²) in [4.78, 5) is 12.6. The number of hydrogen-bond donors (Lipinski definition) is 2. The third kappa shape index (κ3) is 3.02. The molecule has 0 radical (unpaired) electrons. The van der Waals surface area contributed by atoms with Crippen LogP contribution in [0, 0.1) is 0 Å². The predicted octanol–water partition coefficient (Wildman–Crippen LogP) is 2.63. The summed E-state index contributed by atoms with van der Waals surface area (Å²) < 4.78 is 0. The summed E-state index contributed by atoms with van der Waals surface area (Å²) in [5.74, 6) is 1.66. The number of aromatic nitrogens is 2. The van der Waals surface area contributed by atoms with E-state index in [2.05, 4.69) is 43.9 Å². The van der Waals surface area contributed by atoms with Gasteiger partial charge in [0.15, 0.2) is 0 Å². The molecule has 0 aliphatic carbocycles. The van der Waals surface area contributed by atoms with Crippen LogP contribution in [-0.2, 0) is 0 Å². The normalized spacial score (nSPS) is 15.8. The van der Waals surface area contributed by atoms with Gasteiger partial charge < -0.3 is 15.5 Å². The molecule has 1 aliphatic rings. The molecule has 2 aromatic heterocycles. The summed E-state index contributed by atoms with van der Waals surface area (Å²) in [6, 6.07) is 2.09. The average Bonchev–Trinajstić information content (AvgIpc) is 3.09. The van der Waals surface area contributed by atoms with E-state index in [1.54, 1.807) is 11.3 Å². The molecule has 3 rings (SSSR count). The lowest BCUT2D eigenvalue weighted by Crippen LogP contribution is -2.26. The van der Waals surface area contributed by atoms with Gasteiger partial charge in [-0.3, -0.25) is 0 Å². The van der Waals surface area contributed by atoms with E-state index in [9.17, 15) is 0 Å². The van der Waals surface area contributed by atoms with Crippen LogP contribution < -0.4 is 10.6 Å². The Hall–Kier alpha value is -1.40. The molecule has 1 saturated heterocycles. The van der Waals surface area contributed by atoms with E-state index in [-0.39, 0.29) is 0 Å². The molecule has 0 atom stereocenters. The van der Waals surface area contributed by atoms with Crippen LogP contribution >= 0.6 is 11.3 Å². The fourth-order valence-corrected chi connectivity index (χ4v) is 3.33. The van der Waals surface area contributed by atoms with Crippen molar-refractivity contribution in [3.8, 4) is 0 Å². The number of hydrogen-bond acceptors (Lipinski definition) is 6. The van der Waals surface area contributed by atoms with Crippen molar-refractivity contribution < 1.29 is 0 Å². The fraction of sp³-hybridized carbons (Fsp3) is 0.571. The predicted molar refractivity (Wildman–Crippen MR) is 85.7 cm³/mol. The first-order valence-electron chi connectivity index (χ1n) is 7.32. The van der Waals surface area contributed by atoms with E-state index in [1.807, 2.05) is 0 Å². The molecule has 0 spiro atoms. The molecule has 2 aromatic rings. The van der Waals surface area contributed by atoms with E-state index < -0.39 is 0 Å². The first-order chi connectivity index (χ1) is 9.86. The molecule has 1 fully saturated rings. The molecule has 2 N–H and O–H groups in total. The highest BCUT2D eigenvalue weighted by molar-refractivity contribution is 7.16. The number of nitrogens with one attached hydrogen (secondary N) is 2. The Morgan fingerprint density at radius 1 is 1.25 bits per heavy atom. The van der Waals surface area contributed by atoms with Crippen LogP contribution in [0.1, 0.15) is 19.8 Å².